The molecule has 0 atom stereocenters. The van der Waals surface area contributed by atoms with Crippen LogP contribution in [0.4, 0.5) is 5.82 Å². The lowest BCUT2D eigenvalue weighted by molar-refractivity contribution is 0.200. The van der Waals surface area contributed by atoms with E-state index >= 15 is 0 Å². The summed E-state index contributed by atoms with van der Waals surface area (Å²) >= 11 is 0. The van der Waals surface area contributed by atoms with Crippen LogP contribution in [0.25, 0.3) is 10.8 Å². The molecule has 0 unspecified atom stereocenters. The fraction of sp³-hybridized carbons (Fsp3) is 0.346. The molecule has 2 aromatic carbocycles. The van der Waals surface area contributed by atoms with Crippen LogP contribution in [0, 0.1) is 0 Å². The first-order valence-corrected chi connectivity index (χ1v) is 11.3. The molecule has 7 nitrogen and oxygen atoms in total. The van der Waals surface area contributed by atoms with Gasteiger partial charge < -0.3 is 15.4 Å². The monoisotopic (exact) mass is 444 g/mol. The van der Waals surface area contributed by atoms with Crippen molar-refractivity contribution in [3.8, 4) is 5.75 Å². The molecule has 1 aliphatic heterocycles. The van der Waals surface area contributed by atoms with Crippen molar-refractivity contribution in [2.24, 2.45) is 10.7 Å². The molecule has 0 bridgehead atoms. The zero-order valence-corrected chi connectivity index (χ0v) is 19.6. The van der Waals surface area contributed by atoms with Gasteiger partial charge in [0.15, 0.2) is 5.82 Å². The van der Waals surface area contributed by atoms with E-state index in [1.807, 2.05) is 24.3 Å². The zero-order valence-electron chi connectivity index (χ0n) is 19.6. The van der Waals surface area contributed by atoms with E-state index in [1.165, 1.54) is 11.8 Å². The SMILES string of the molecule is CN=C(C=CN)c1nnc(N2CCC(N(C)Cc3ccc(OC)cc3)CC2)c2ccccc12. The summed E-state index contributed by atoms with van der Waals surface area (Å²) in [4.78, 5) is 9.15. The lowest BCUT2D eigenvalue weighted by atomic mass is 10.0. The van der Waals surface area contributed by atoms with Crippen LogP contribution >= 0.6 is 0 Å². The average molecular weight is 445 g/mol. The van der Waals surface area contributed by atoms with Crippen molar-refractivity contribution in [3.63, 3.8) is 0 Å². The molecule has 1 aromatic heterocycles. The predicted molar refractivity (Wildman–Crippen MR) is 135 cm³/mol. The van der Waals surface area contributed by atoms with Crippen LogP contribution in [0.5, 0.6) is 5.75 Å². The molecule has 4 rings (SSSR count). The van der Waals surface area contributed by atoms with Crippen molar-refractivity contribution >= 4 is 22.3 Å². The van der Waals surface area contributed by atoms with Crippen LogP contribution in [0.3, 0.4) is 0 Å². The van der Waals surface area contributed by atoms with Gasteiger partial charge in [0.25, 0.3) is 0 Å². The van der Waals surface area contributed by atoms with E-state index in [9.17, 15) is 0 Å². The lowest BCUT2D eigenvalue weighted by Crippen LogP contribution is -2.43. The third kappa shape index (κ3) is 4.98. The highest BCUT2D eigenvalue weighted by Gasteiger charge is 2.25. The summed E-state index contributed by atoms with van der Waals surface area (Å²) in [6.45, 7) is 2.83. The summed E-state index contributed by atoms with van der Waals surface area (Å²) in [7, 11) is 5.65. The second kappa shape index (κ2) is 10.4. The molecule has 0 spiro atoms. The van der Waals surface area contributed by atoms with Crippen molar-refractivity contribution in [2.45, 2.75) is 25.4 Å². The number of nitrogens with two attached hydrogens (primary N) is 1. The van der Waals surface area contributed by atoms with Crippen molar-refractivity contribution in [1.82, 2.24) is 15.1 Å². The van der Waals surface area contributed by atoms with E-state index in [2.05, 4.69) is 56.3 Å². The topological polar surface area (TPSA) is 79.9 Å². The molecule has 1 aliphatic rings. The molecule has 172 valence electrons. The van der Waals surface area contributed by atoms with E-state index in [4.69, 9.17) is 10.5 Å². The van der Waals surface area contributed by atoms with Crippen LogP contribution in [-0.2, 0) is 6.54 Å². The maximum absolute atomic E-state index is 5.60. The number of anilines is 1. The molecule has 3 aromatic rings. The summed E-state index contributed by atoms with van der Waals surface area (Å²) in [6.07, 6.45) is 5.42. The molecule has 0 amide bonds. The van der Waals surface area contributed by atoms with Gasteiger partial charge in [0.2, 0.25) is 0 Å². The Labute approximate surface area is 195 Å². The number of allylic oxidation sites excluding steroid dienone is 1. The summed E-state index contributed by atoms with van der Waals surface area (Å²) in [6, 6.07) is 17.1. The first-order valence-electron chi connectivity index (χ1n) is 11.3. The third-order valence-corrected chi connectivity index (χ3v) is 6.38. The van der Waals surface area contributed by atoms with Crippen LogP contribution in [0.1, 0.15) is 24.1 Å². The van der Waals surface area contributed by atoms with Gasteiger partial charge in [-0.05, 0) is 49.9 Å². The first-order chi connectivity index (χ1) is 16.1. The first kappa shape index (κ1) is 22.7. The summed E-state index contributed by atoms with van der Waals surface area (Å²) in [5.74, 6) is 1.84. The van der Waals surface area contributed by atoms with Crippen LogP contribution in [0.15, 0.2) is 65.8 Å². The van der Waals surface area contributed by atoms with Gasteiger partial charge in [-0.15, -0.1) is 10.2 Å². The molecule has 1 fully saturated rings. The number of hydrogen-bond acceptors (Lipinski definition) is 7. The van der Waals surface area contributed by atoms with Gasteiger partial charge in [0.05, 0.1) is 12.8 Å². The molecule has 7 heteroatoms. The standard InChI is InChI=1S/C26H32N6O/c1-28-24(12-15-27)25-22-6-4-5-7-23(22)26(30-29-25)32-16-13-20(14-17-32)31(2)18-19-8-10-21(33-3)11-9-19/h4-12,15,20H,13-14,16-18,27H2,1-3H3. The fourth-order valence-corrected chi connectivity index (χ4v) is 4.53. The minimum absolute atomic E-state index is 0.537. The summed E-state index contributed by atoms with van der Waals surface area (Å²) in [5, 5.41) is 11.3. The molecule has 2 N–H and O–H groups in total. The number of piperidine rings is 1. The highest BCUT2D eigenvalue weighted by molar-refractivity contribution is 6.15. The van der Waals surface area contributed by atoms with Gasteiger partial charge >= 0.3 is 0 Å². The summed E-state index contributed by atoms with van der Waals surface area (Å²) < 4.78 is 5.27. The van der Waals surface area contributed by atoms with Gasteiger partial charge in [-0.1, -0.05) is 36.4 Å². The number of benzene rings is 2. The molecule has 1 saturated heterocycles. The maximum Gasteiger partial charge on any atom is 0.159 e. The summed E-state index contributed by atoms with van der Waals surface area (Å²) in [5.41, 5.74) is 8.39. The Hall–Kier alpha value is -3.45. The van der Waals surface area contributed by atoms with Crippen LogP contribution < -0.4 is 15.4 Å². The predicted octanol–water partition coefficient (Wildman–Crippen LogP) is 3.63. The number of hydrogen-bond donors (Lipinski definition) is 1. The number of ether oxygens (including phenoxy) is 1. The van der Waals surface area contributed by atoms with Crippen molar-refractivity contribution < 1.29 is 4.74 Å². The third-order valence-electron chi connectivity index (χ3n) is 6.38. The van der Waals surface area contributed by atoms with Gasteiger partial charge in [0.1, 0.15) is 11.4 Å². The zero-order chi connectivity index (χ0) is 23.2. The Kier molecular flexibility index (Phi) is 7.19. The second-order valence-electron chi connectivity index (χ2n) is 8.37. The van der Waals surface area contributed by atoms with Crippen LogP contribution in [-0.4, -0.2) is 61.1 Å². The molecule has 2 heterocycles. The highest BCUT2D eigenvalue weighted by Crippen LogP contribution is 2.29. The van der Waals surface area contributed by atoms with Gasteiger partial charge in [0, 0.05) is 43.5 Å². The fourth-order valence-electron chi connectivity index (χ4n) is 4.53. The average Bonchev–Trinajstić information content (AvgIpc) is 2.87. The van der Waals surface area contributed by atoms with E-state index in [0.29, 0.717) is 6.04 Å². The van der Waals surface area contributed by atoms with E-state index in [-0.39, 0.29) is 0 Å². The van der Waals surface area contributed by atoms with Crippen LogP contribution in [0.2, 0.25) is 0 Å². The molecular formula is C26H32N6O. The quantitative estimate of drug-likeness (QED) is 0.561. The van der Waals surface area contributed by atoms with Crippen molar-refractivity contribution in [2.75, 3.05) is 39.2 Å². The number of rotatable bonds is 7. The van der Waals surface area contributed by atoms with Gasteiger partial charge in [-0.25, -0.2) is 0 Å². The van der Waals surface area contributed by atoms with E-state index in [1.54, 1.807) is 20.2 Å². The van der Waals surface area contributed by atoms with Crippen molar-refractivity contribution in [3.05, 3.63) is 72.1 Å². The molecule has 0 radical (unpaired) electrons. The Morgan fingerprint density at radius 3 is 2.45 bits per heavy atom. The Balaban J connectivity index is 1.48. The Morgan fingerprint density at radius 2 is 1.82 bits per heavy atom. The smallest absolute Gasteiger partial charge is 0.159 e. The normalized spacial score (nSPS) is 15.6. The molecule has 0 aliphatic carbocycles. The largest absolute Gasteiger partial charge is 0.497 e. The number of nitrogens with zero attached hydrogens (tertiary/aromatic N) is 5. The van der Waals surface area contributed by atoms with Gasteiger partial charge in [-0.2, -0.15) is 0 Å². The van der Waals surface area contributed by atoms with E-state index < -0.39 is 0 Å². The number of fused-ring (bicyclic) bond motifs is 1. The Bertz CT molecular complexity index is 1130. The molecule has 33 heavy (non-hydrogen) atoms. The molecular weight excluding hydrogens is 412 g/mol. The van der Waals surface area contributed by atoms with Crippen molar-refractivity contribution in [1.29, 1.82) is 0 Å². The maximum atomic E-state index is 5.60. The minimum atomic E-state index is 0.537. The number of aliphatic imine (C=N–C) groups is 1. The van der Waals surface area contributed by atoms with Gasteiger partial charge in [-0.3, -0.25) is 9.89 Å². The number of methoxy groups -OCH3 is 1. The Morgan fingerprint density at radius 1 is 1.12 bits per heavy atom. The lowest BCUT2D eigenvalue weighted by Gasteiger charge is -2.37. The molecule has 0 saturated carbocycles. The second-order valence-corrected chi connectivity index (χ2v) is 8.37. The minimum Gasteiger partial charge on any atom is -0.497 e. The van der Waals surface area contributed by atoms with E-state index in [0.717, 1.165) is 66.2 Å². The number of aromatic nitrogens is 2. The highest BCUT2D eigenvalue weighted by atomic mass is 16.5.